The first-order valence-corrected chi connectivity index (χ1v) is 8.32. The molecule has 0 bridgehead atoms. The van der Waals surface area contributed by atoms with Gasteiger partial charge in [-0.3, -0.25) is 14.4 Å². The Morgan fingerprint density at radius 1 is 1.21 bits per heavy atom. The third-order valence-electron chi connectivity index (χ3n) is 4.42. The number of aliphatic carboxylic acids is 1. The van der Waals surface area contributed by atoms with Crippen LogP contribution in [-0.2, 0) is 20.8 Å². The van der Waals surface area contributed by atoms with Crippen LogP contribution in [0.25, 0.3) is 0 Å². The lowest BCUT2D eigenvalue weighted by atomic mass is 9.95. The number of aryl methyl sites for hydroxylation is 1. The van der Waals surface area contributed by atoms with Crippen LogP contribution in [0.1, 0.15) is 31.7 Å². The number of amides is 2. The minimum Gasteiger partial charge on any atom is -0.480 e. The minimum absolute atomic E-state index is 0.108. The van der Waals surface area contributed by atoms with Crippen molar-refractivity contribution in [1.82, 2.24) is 10.2 Å². The molecule has 0 spiro atoms. The highest BCUT2D eigenvalue weighted by atomic mass is 16.4. The number of rotatable bonds is 6. The maximum Gasteiger partial charge on any atom is 0.325 e. The Labute approximate surface area is 141 Å². The SMILES string of the molecule is C[C@@H](NC(=O)C1CCN(C(=O)CCc2ccccc2)CC1)C(=O)O. The van der Waals surface area contributed by atoms with E-state index in [0.29, 0.717) is 32.4 Å². The Morgan fingerprint density at radius 3 is 2.42 bits per heavy atom. The fourth-order valence-corrected chi connectivity index (χ4v) is 2.84. The molecule has 6 nitrogen and oxygen atoms in total. The largest absolute Gasteiger partial charge is 0.480 e. The number of likely N-dealkylation sites (tertiary alicyclic amines) is 1. The molecule has 0 aromatic heterocycles. The Balaban J connectivity index is 1.74. The van der Waals surface area contributed by atoms with Crippen LogP contribution in [0.15, 0.2) is 30.3 Å². The summed E-state index contributed by atoms with van der Waals surface area (Å²) in [6.07, 6.45) is 2.34. The van der Waals surface area contributed by atoms with E-state index in [1.54, 1.807) is 4.90 Å². The molecule has 0 radical (unpaired) electrons. The van der Waals surface area contributed by atoms with E-state index in [0.717, 1.165) is 12.0 Å². The van der Waals surface area contributed by atoms with Crippen LogP contribution in [0.3, 0.4) is 0 Å². The summed E-state index contributed by atoms with van der Waals surface area (Å²) < 4.78 is 0. The van der Waals surface area contributed by atoms with Crippen molar-refractivity contribution in [3.05, 3.63) is 35.9 Å². The third-order valence-corrected chi connectivity index (χ3v) is 4.42. The number of nitrogens with zero attached hydrogens (tertiary/aromatic N) is 1. The summed E-state index contributed by atoms with van der Waals surface area (Å²) in [4.78, 5) is 36.9. The van der Waals surface area contributed by atoms with Gasteiger partial charge in [-0.25, -0.2) is 0 Å². The van der Waals surface area contributed by atoms with Gasteiger partial charge in [0.15, 0.2) is 0 Å². The molecule has 0 aliphatic carbocycles. The normalized spacial score (nSPS) is 16.5. The van der Waals surface area contributed by atoms with Crippen molar-refractivity contribution in [3.8, 4) is 0 Å². The molecule has 1 saturated heterocycles. The third kappa shape index (κ3) is 5.08. The van der Waals surface area contributed by atoms with Gasteiger partial charge in [0.05, 0.1) is 0 Å². The summed E-state index contributed by atoms with van der Waals surface area (Å²) in [7, 11) is 0. The van der Waals surface area contributed by atoms with Crippen molar-refractivity contribution in [3.63, 3.8) is 0 Å². The molecule has 1 heterocycles. The Hall–Kier alpha value is -2.37. The van der Waals surface area contributed by atoms with E-state index in [9.17, 15) is 14.4 Å². The van der Waals surface area contributed by atoms with Crippen LogP contribution >= 0.6 is 0 Å². The molecule has 1 atom stereocenters. The summed E-state index contributed by atoms with van der Waals surface area (Å²) in [5.41, 5.74) is 1.14. The van der Waals surface area contributed by atoms with E-state index in [-0.39, 0.29) is 17.7 Å². The molecular formula is C18H24N2O4. The fraction of sp³-hybridized carbons (Fsp3) is 0.500. The summed E-state index contributed by atoms with van der Waals surface area (Å²) >= 11 is 0. The van der Waals surface area contributed by atoms with Crippen molar-refractivity contribution >= 4 is 17.8 Å². The lowest BCUT2D eigenvalue weighted by Gasteiger charge is -2.31. The molecule has 2 amide bonds. The minimum atomic E-state index is -1.04. The first-order valence-electron chi connectivity index (χ1n) is 8.32. The molecule has 1 aromatic rings. The molecule has 6 heteroatoms. The van der Waals surface area contributed by atoms with Crippen LogP contribution in [0, 0.1) is 5.92 Å². The molecule has 130 valence electrons. The molecule has 0 unspecified atom stereocenters. The van der Waals surface area contributed by atoms with E-state index in [4.69, 9.17) is 5.11 Å². The van der Waals surface area contributed by atoms with Crippen molar-refractivity contribution in [2.45, 2.75) is 38.6 Å². The van der Waals surface area contributed by atoms with Gasteiger partial charge < -0.3 is 15.3 Å². The van der Waals surface area contributed by atoms with Gasteiger partial charge in [0.25, 0.3) is 0 Å². The van der Waals surface area contributed by atoms with E-state index in [1.807, 2.05) is 30.3 Å². The first kappa shape index (κ1) is 18.0. The molecule has 24 heavy (non-hydrogen) atoms. The quantitative estimate of drug-likeness (QED) is 0.825. The molecule has 2 N–H and O–H groups in total. The molecule has 2 rings (SSSR count). The lowest BCUT2D eigenvalue weighted by molar-refractivity contribution is -0.142. The van der Waals surface area contributed by atoms with Crippen LogP contribution in [0.4, 0.5) is 0 Å². The lowest BCUT2D eigenvalue weighted by Crippen LogP contribution is -2.46. The average molecular weight is 332 g/mol. The van der Waals surface area contributed by atoms with Gasteiger partial charge in [-0.2, -0.15) is 0 Å². The smallest absolute Gasteiger partial charge is 0.325 e. The van der Waals surface area contributed by atoms with Gasteiger partial charge in [0, 0.05) is 25.4 Å². The van der Waals surface area contributed by atoms with E-state index >= 15 is 0 Å². The van der Waals surface area contributed by atoms with Crippen molar-refractivity contribution in [2.75, 3.05) is 13.1 Å². The van der Waals surface area contributed by atoms with Gasteiger partial charge >= 0.3 is 5.97 Å². The number of carbonyl (C=O) groups is 3. The van der Waals surface area contributed by atoms with Gasteiger partial charge in [-0.05, 0) is 31.7 Å². The predicted molar refractivity (Wildman–Crippen MR) is 89.3 cm³/mol. The van der Waals surface area contributed by atoms with Gasteiger partial charge in [0.1, 0.15) is 6.04 Å². The second-order valence-corrected chi connectivity index (χ2v) is 6.21. The predicted octanol–water partition coefficient (Wildman–Crippen LogP) is 1.45. The standard InChI is InChI=1S/C18H24N2O4/c1-13(18(23)24)19-17(22)15-9-11-20(12-10-15)16(21)8-7-14-5-3-2-4-6-14/h2-6,13,15H,7-12H2,1H3,(H,19,22)(H,23,24)/t13-/m1/s1. The van der Waals surface area contributed by atoms with E-state index in [2.05, 4.69) is 5.32 Å². The molecule has 1 aliphatic heterocycles. The highest BCUT2D eigenvalue weighted by molar-refractivity contribution is 5.85. The second-order valence-electron chi connectivity index (χ2n) is 6.21. The van der Waals surface area contributed by atoms with Crippen molar-refractivity contribution < 1.29 is 19.5 Å². The number of hydrogen-bond donors (Lipinski definition) is 2. The Morgan fingerprint density at radius 2 is 1.83 bits per heavy atom. The molecule has 1 fully saturated rings. The number of carbonyl (C=O) groups excluding carboxylic acids is 2. The zero-order valence-electron chi connectivity index (χ0n) is 13.9. The highest BCUT2D eigenvalue weighted by Gasteiger charge is 2.28. The first-order chi connectivity index (χ1) is 11.5. The number of benzene rings is 1. The molecule has 0 saturated carbocycles. The average Bonchev–Trinajstić information content (AvgIpc) is 2.60. The zero-order chi connectivity index (χ0) is 17.5. The molecule has 1 aliphatic rings. The maximum atomic E-state index is 12.3. The van der Waals surface area contributed by atoms with Gasteiger partial charge in [-0.1, -0.05) is 30.3 Å². The van der Waals surface area contributed by atoms with Gasteiger partial charge in [0.2, 0.25) is 11.8 Å². The number of hydrogen-bond acceptors (Lipinski definition) is 3. The monoisotopic (exact) mass is 332 g/mol. The van der Waals surface area contributed by atoms with Crippen LogP contribution in [0.5, 0.6) is 0 Å². The van der Waals surface area contributed by atoms with Gasteiger partial charge in [-0.15, -0.1) is 0 Å². The maximum absolute atomic E-state index is 12.3. The number of carboxylic acids is 1. The molecule has 1 aromatic carbocycles. The van der Waals surface area contributed by atoms with Crippen LogP contribution in [-0.4, -0.2) is 46.9 Å². The zero-order valence-corrected chi connectivity index (χ0v) is 13.9. The summed E-state index contributed by atoms with van der Waals surface area (Å²) in [6.45, 7) is 2.54. The van der Waals surface area contributed by atoms with E-state index in [1.165, 1.54) is 6.92 Å². The molecular weight excluding hydrogens is 308 g/mol. The van der Waals surface area contributed by atoms with Crippen molar-refractivity contribution in [1.29, 1.82) is 0 Å². The van der Waals surface area contributed by atoms with Crippen molar-refractivity contribution in [2.24, 2.45) is 5.92 Å². The van der Waals surface area contributed by atoms with Crippen LogP contribution < -0.4 is 5.32 Å². The second kappa shape index (κ2) is 8.47. The van der Waals surface area contributed by atoms with Crippen LogP contribution in [0.2, 0.25) is 0 Å². The summed E-state index contributed by atoms with van der Waals surface area (Å²) in [5.74, 6) is -1.39. The Bertz CT molecular complexity index is 580. The number of carboxylic acid groups (broad SMARTS) is 1. The number of piperidine rings is 1. The Kier molecular flexibility index (Phi) is 6.35. The van der Waals surface area contributed by atoms with E-state index < -0.39 is 12.0 Å². The summed E-state index contributed by atoms with van der Waals surface area (Å²) in [5, 5.41) is 11.3. The topological polar surface area (TPSA) is 86.7 Å². The summed E-state index contributed by atoms with van der Waals surface area (Å²) in [6, 6.07) is 9.00. The number of nitrogens with one attached hydrogen (secondary N) is 1. The highest BCUT2D eigenvalue weighted by Crippen LogP contribution is 2.18. The fourth-order valence-electron chi connectivity index (χ4n) is 2.84.